The fraction of sp³-hybridized carbons (Fsp3) is 0.429. The zero-order chi connectivity index (χ0) is 19.8. The standard InChI is InChI=1S/C21H28N2O4/c1-15(2)13-23-16(3)12-18(20(24)26-4)19(23)10-11-22-21(25)27-14-17-8-6-5-7-9-17/h5-9,12,15H,10-11,13-14H2,1-4H3,(H,22,25). The molecule has 2 aromatic rings. The average Bonchev–Trinajstić information content (AvgIpc) is 2.95. The van der Waals surface area contributed by atoms with Crippen LogP contribution in [-0.2, 0) is 29.0 Å². The number of nitrogens with one attached hydrogen (secondary N) is 1. The van der Waals surface area contributed by atoms with Gasteiger partial charge in [-0.25, -0.2) is 9.59 Å². The van der Waals surface area contributed by atoms with Crippen molar-refractivity contribution < 1.29 is 19.1 Å². The summed E-state index contributed by atoms with van der Waals surface area (Å²) in [5.74, 6) is 0.0754. The number of hydrogen-bond acceptors (Lipinski definition) is 4. The van der Waals surface area contributed by atoms with E-state index in [0.717, 1.165) is 23.5 Å². The highest BCUT2D eigenvalue weighted by atomic mass is 16.5. The van der Waals surface area contributed by atoms with Crippen LogP contribution in [0.3, 0.4) is 0 Å². The summed E-state index contributed by atoms with van der Waals surface area (Å²) in [6.07, 6.45) is 0.0444. The van der Waals surface area contributed by atoms with E-state index < -0.39 is 6.09 Å². The van der Waals surface area contributed by atoms with Crippen LogP contribution in [0, 0.1) is 12.8 Å². The topological polar surface area (TPSA) is 69.6 Å². The first kappa shape index (κ1) is 20.6. The number of ether oxygens (including phenoxy) is 2. The quantitative estimate of drug-likeness (QED) is 0.717. The molecule has 0 radical (unpaired) electrons. The number of benzene rings is 1. The van der Waals surface area contributed by atoms with E-state index in [0.29, 0.717) is 24.4 Å². The van der Waals surface area contributed by atoms with Crippen molar-refractivity contribution in [1.29, 1.82) is 0 Å². The zero-order valence-corrected chi connectivity index (χ0v) is 16.5. The van der Waals surface area contributed by atoms with E-state index in [-0.39, 0.29) is 12.6 Å². The normalized spacial score (nSPS) is 10.7. The lowest BCUT2D eigenvalue weighted by Gasteiger charge is -2.15. The van der Waals surface area contributed by atoms with Crippen LogP contribution in [-0.4, -0.2) is 30.3 Å². The molecule has 0 aliphatic rings. The summed E-state index contributed by atoms with van der Waals surface area (Å²) < 4.78 is 12.2. The predicted molar refractivity (Wildman–Crippen MR) is 104 cm³/mol. The Kier molecular flexibility index (Phi) is 7.46. The lowest BCUT2D eigenvalue weighted by atomic mass is 10.1. The Morgan fingerprint density at radius 1 is 1.19 bits per heavy atom. The SMILES string of the molecule is COC(=O)c1cc(C)n(CC(C)C)c1CCNC(=O)OCc1ccccc1. The molecule has 1 amide bonds. The zero-order valence-electron chi connectivity index (χ0n) is 16.5. The molecule has 27 heavy (non-hydrogen) atoms. The van der Waals surface area contributed by atoms with Crippen molar-refractivity contribution in [3.05, 3.63) is 58.9 Å². The molecule has 1 N–H and O–H groups in total. The number of esters is 1. The molecule has 1 heterocycles. The van der Waals surface area contributed by atoms with Crippen LogP contribution in [0.15, 0.2) is 36.4 Å². The maximum atomic E-state index is 12.1. The van der Waals surface area contributed by atoms with E-state index in [1.165, 1.54) is 7.11 Å². The van der Waals surface area contributed by atoms with Gasteiger partial charge in [0.25, 0.3) is 0 Å². The fourth-order valence-electron chi connectivity index (χ4n) is 2.96. The molecular weight excluding hydrogens is 344 g/mol. The predicted octanol–water partition coefficient (Wildman–Crippen LogP) is 3.71. The number of methoxy groups -OCH3 is 1. The van der Waals surface area contributed by atoms with Gasteiger partial charge in [-0.3, -0.25) is 0 Å². The summed E-state index contributed by atoms with van der Waals surface area (Å²) >= 11 is 0. The Balaban J connectivity index is 1.97. The summed E-state index contributed by atoms with van der Waals surface area (Å²) in [5.41, 5.74) is 3.36. The van der Waals surface area contributed by atoms with Crippen LogP contribution in [0.25, 0.3) is 0 Å². The van der Waals surface area contributed by atoms with Crippen LogP contribution >= 0.6 is 0 Å². The summed E-state index contributed by atoms with van der Waals surface area (Å²) in [7, 11) is 1.38. The minimum absolute atomic E-state index is 0.225. The number of aryl methyl sites for hydroxylation is 1. The Labute approximate surface area is 160 Å². The maximum absolute atomic E-state index is 12.1. The summed E-state index contributed by atoms with van der Waals surface area (Å²) in [4.78, 5) is 24.0. The molecular formula is C21H28N2O4. The first-order valence-electron chi connectivity index (χ1n) is 9.14. The van der Waals surface area contributed by atoms with E-state index in [1.54, 1.807) is 0 Å². The van der Waals surface area contributed by atoms with E-state index in [4.69, 9.17) is 9.47 Å². The van der Waals surface area contributed by atoms with Crippen molar-refractivity contribution in [2.24, 2.45) is 5.92 Å². The molecule has 0 bridgehead atoms. The molecule has 0 saturated heterocycles. The smallest absolute Gasteiger partial charge is 0.407 e. The third kappa shape index (κ3) is 5.88. The van der Waals surface area contributed by atoms with E-state index >= 15 is 0 Å². The molecule has 0 spiro atoms. The minimum atomic E-state index is -0.475. The van der Waals surface area contributed by atoms with Crippen molar-refractivity contribution in [3.8, 4) is 0 Å². The lowest BCUT2D eigenvalue weighted by Crippen LogP contribution is -2.27. The molecule has 0 fully saturated rings. The highest BCUT2D eigenvalue weighted by molar-refractivity contribution is 5.91. The molecule has 0 aliphatic heterocycles. The molecule has 146 valence electrons. The Hall–Kier alpha value is -2.76. The van der Waals surface area contributed by atoms with Gasteiger partial charge in [0.2, 0.25) is 0 Å². The van der Waals surface area contributed by atoms with Gasteiger partial charge in [0.15, 0.2) is 0 Å². The highest BCUT2D eigenvalue weighted by Crippen LogP contribution is 2.19. The van der Waals surface area contributed by atoms with Gasteiger partial charge in [-0.1, -0.05) is 44.2 Å². The Morgan fingerprint density at radius 3 is 2.52 bits per heavy atom. The molecule has 1 aromatic heterocycles. The first-order chi connectivity index (χ1) is 12.9. The van der Waals surface area contributed by atoms with Crippen molar-refractivity contribution >= 4 is 12.1 Å². The van der Waals surface area contributed by atoms with Crippen LogP contribution in [0.1, 0.15) is 41.2 Å². The molecule has 1 aromatic carbocycles. The number of aromatic nitrogens is 1. The average molecular weight is 372 g/mol. The van der Waals surface area contributed by atoms with Gasteiger partial charge in [0.1, 0.15) is 6.61 Å². The third-order valence-corrected chi connectivity index (χ3v) is 4.21. The van der Waals surface area contributed by atoms with Gasteiger partial charge in [0.05, 0.1) is 12.7 Å². The molecule has 6 heteroatoms. The molecule has 2 rings (SSSR count). The van der Waals surface area contributed by atoms with E-state index in [1.807, 2.05) is 43.3 Å². The van der Waals surface area contributed by atoms with Crippen LogP contribution < -0.4 is 5.32 Å². The first-order valence-corrected chi connectivity index (χ1v) is 9.14. The number of nitrogens with zero attached hydrogens (tertiary/aromatic N) is 1. The maximum Gasteiger partial charge on any atom is 0.407 e. The van der Waals surface area contributed by atoms with Gasteiger partial charge in [0, 0.05) is 30.9 Å². The van der Waals surface area contributed by atoms with Gasteiger partial charge in [-0.05, 0) is 24.5 Å². The van der Waals surface area contributed by atoms with Crippen LogP contribution in [0.4, 0.5) is 4.79 Å². The lowest BCUT2D eigenvalue weighted by molar-refractivity contribution is 0.0599. The van der Waals surface area contributed by atoms with E-state index in [2.05, 4.69) is 23.7 Å². The summed E-state index contributed by atoms with van der Waals surface area (Å²) in [6, 6.07) is 11.4. The minimum Gasteiger partial charge on any atom is -0.465 e. The van der Waals surface area contributed by atoms with Crippen molar-refractivity contribution in [3.63, 3.8) is 0 Å². The molecule has 0 atom stereocenters. The van der Waals surface area contributed by atoms with Crippen molar-refractivity contribution in [2.45, 2.75) is 40.3 Å². The van der Waals surface area contributed by atoms with Gasteiger partial charge in [-0.15, -0.1) is 0 Å². The van der Waals surface area contributed by atoms with Crippen molar-refractivity contribution in [2.75, 3.05) is 13.7 Å². The fourth-order valence-corrected chi connectivity index (χ4v) is 2.96. The second-order valence-corrected chi connectivity index (χ2v) is 6.88. The third-order valence-electron chi connectivity index (χ3n) is 4.21. The Bertz CT molecular complexity index is 766. The number of amides is 1. The van der Waals surface area contributed by atoms with Gasteiger partial charge < -0.3 is 19.4 Å². The highest BCUT2D eigenvalue weighted by Gasteiger charge is 2.19. The number of hydrogen-bond donors (Lipinski definition) is 1. The number of rotatable bonds is 8. The summed E-state index contributed by atoms with van der Waals surface area (Å²) in [6.45, 7) is 7.62. The number of carbonyl (C=O) groups excluding carboxylic acids is 2. The number of alkyl carbamates (subject to hydrolysis) is 1. The second-order valence-electron chi connectivity index (χ2n) is 6.88. The second kappa shape index (κ2) is 9.80. The molecule has 0 saturated carbocycles. The van der Waals surface area contributed by atoms with Crippen molar-refractivity contribution in [1.82, 2.24) is 9.88 Å². The Morgan fingerprint density at radius 2 is 1.89 bits per heavy atom. The van der Waals surface area contributed by atoms with Gasteiger partial charge >= 0.3 is 12.1 Å². The van der Waals surface area contributed by atoms with E-state index in [9.17, 15) is 9.59 Å². The largest absolute Gasteiger partial charge is 0.465 e. The molecule has 0 aliphatic carbocycles. The monoisotopic (exact) mass is 372 g/mol. The van der Waals surface area contributed by atoms with Gasteiger partial charge in [-0.2, -0.15) is 0 Å². The van der Waals surface area contributed by atoms with Crippen LogP contribution in [0.5, 0.6) is 0 Å². The molecule has 6 nitrogen and oxygen atoms in total. The van der Waals surface area contributed by atoms with Crippen LogP contribution in [0.2, 0.25) is 0 Å². The molecule has 0 unspecified atom stereocenters. The number of carbonyl (C=O) groups is 2. The summed E-state index contributed by atoms with van der Waals surface area (Å²) in [5, 5.41) is 2.75.